The number of para-hydroxylation sites is 3. The monoisotopic (exact) mass is 734 g/mol. The number of pyridine rings is 2. The van der Waals surface area contributed by atoms with Gasteiger partial charge in [0.2, 0.25) is 0 Å². The second-order valence-electron chi connectivity index (χ2n) is 10.2. The van der Waals surface area contributed by atoms with Gasteiger partial charge in [-0.3, -0.25) is 14.5 Å². The minimum Gasteiger partial charge on any atom is -0.507 e. The van der Waals surface area contributed by atoms with E-state index in [-0.39, 0.29) is 26.8 Å². The van der Waals surface area contributed by atoms with Crippen LogP contribution in [0.25, 0.3) is 72.2 Å². The number of aromatic nitrogens is 4. The first kappa shape index (κ1) is 26.8. The summed E-state index contributed by atoms with van der Waals surface area (Å²) in [5, 5.41) is 12.8. The molecule has 0 aliphatic heterocycles. The molecular formula is C37H23N4OPt-. The van der Waals surface area contributed by atoms with Crippen LogP contribution in [0.3, 0.4) is 0 Å². The number of phenolic OH excluding ortho intramolecular Hbond substituents is 1. The third-order valence-electron chi connectivity index (χ3n) is 7.69. The summed E-state index contributed by atoms with van der Waals surface area (Å²) in [5.41, 5.74) is 9.10. The second kappa shape index (κ2) is 10.9. The zero-order valence-corrected chi connectivity index (χ0v) is 25.0. The SMILES string of the molecule is Oc1ccccc1-c1nc2c(-c3[c-]c4c(cc3)ncc3cccnc34)cccc2n1-c1ccccc1-c1ccccc1.[Pt]. The Hall–Kier alpha value is -5.12. The molecule has 0 amide bonds. The quantitative estimate of drug-likeness (QED) is 0.145. The fraction of sp³-hybridized carbons (Fsp3) is 0. The first-order valence-electron chi connectivity index (χ1n) is 13.8. The van der Waals surface area contributed by atoms with Crippen LogP contribution in [0, 0.1) is 6.07 Å². The zero-order valence-electron chi connectivity index (χ0n) is 22.8. The Labute approximate surface area is 262 Å². The largest absolute Gasteiger partial charge is 0.507 e. The number of hydrogen-bond donors (Lipinski definition) is 1. The molecule has 0 unspecified atom stereocenters. The van der Waals surface area contributed by atoms with E-state index in [1.807, 2.05) is 85.1 Å². The summed E-state index contributed by atoms with van der Waals surface area (Å²) in [5.74, 6) is 0.835. The van der Waals surface area contributed by atoms with Crippen molar-refractivity contribution in [3.63, 3.8) is 0 Å². The van der Waals surface area contributed by atoms with E-state index in [2.05, 4.69) is 57.0 Å². The molecule has 0 aliphatic carbocycles. The molecule has 208 valence electrons. The third kappa shape index (κ3) is 4.50. The van der Waals surface area contributed by atoms with Crippen LogP contribution in [0.4, 0.5) is 0 Å². The summed E-state index contributed by atoms with van der Waals surface area (Å²) < 4.78 is 2.15. The summed E-state index contributed by atoms with van der Waals surface area (Å²) in [6, 6.07) is 43.8. The van der Waals surface area contributed by atoms with Crippen LogP contribution in [0.1, 0.15) is 0 Å². The van der Waals surface area contributed by atoms with Gasteiger partial charge < -0.3 is 5.11 Å². The Bertz CT molecular complexity index is 2280. The summed E-state index contributed by atoms with van der Waals surface area (Å²) in [6.45, 7) is 0. The molecule has 0 radical (unpaired) electrons. The van der Waals surface area contributed by atoms with Crippen molar-refractivity contribution in [2.24, 2.45) is 0 Å². The van der Waals surface area contributed by atoms with Crippen molar-refractivity contribution in [1.29, 1.82) is 0 Å². The molecule has 5 nitrogen and oxygen atoms in total. The Morgan fingerprint density at radius 2 is 1.40 bits per heavy atom. The maximum Gasteiger partial charge on any atom is 0.148 e. The van der Waals surface area contributed by atoms with Crippen molar-refractivity contribution < 1.29 is 26.2 Å². The van der Waals surface area contributed by atoms with Gasteiger partial charge in [0.1, 0.15) is 11.6 Å². The molecule has 3 aromatic heterocycles. The molecule has 0 spiro atoms. The Balaban J connectivity index is 0.00000300. The van der Waals surface area contributed by atoms with E-state index in [1.54, 1.807) is 12.3 Å². The second-order valence-corrected chi connectivity index (χ2v) is 10.2. The third-order valence-corrected chi connectivity index (χ3v) is 7.69. The topological polar surface area (TPSA) is 63.8 Å². The summed E-state index contributed by atoms with van der Waals surface area (Å²) in [7, 11) is 0. The molecule has 8 aromatic rings. The van der Waals surface area contributed by atoms with Crippen LogP contribution >= 0.6 is 0 Å². The van der Waals surface area contributed by atoms with Crippen molar-refractivity contribution in [2.45, 2.75) is 0 Å². The predicted octanol–water partition coefficient (Wildman–Crippen LogP) is 8.63. The number of hydrogen-bond acceptors (Lipinski definition) is 4. The van der Waals surface area contributed by atoms with Crippen LogP contribution in [0.2, 0.25) is 0 Å². The van der Waals surface area contributed by atoms with E-state index >= 15 is 0 Å². The van der Waals surface area contributed by atoms with E-state index in [0.717, 1.165) is 60.8 Å². The molecule has 8 rings (SSSR count). The Kier molecular flexibility index (Phi) is 6.81. The maximum atomic E-state index is 11.0. The van der Waals surface area contributed by atoms with Gasteiger partial charge in [-0.2, -0.15) is 0 Å². The van der Waals surface area contributed by atoms with Crippen molar-refractivity contribution in [1.82, 2.24) is 19.5 Å². The van der Waals surface area contributed by atoms with Crippen molar-refractivity contribution in [3.8, 4) is 45.1 Å². The average Bonchev–Trinajstić information content (AvgIpc) is 3.44. The van der Waals surface area contributed by atoms with Crippen LogP contribution in [-0.4, -0.2) is 24.6 Å². The van der Waals surface area contributed by atoms with Crippen LogP contribution in [0.5, 0.6) is 5.75 Å². The Morgan fingerprint density at radius 3 is 2.26 bits per heavy atom. The molecule has 0 atom stereocenters. The molecule has 0 saturated carbocycles. The van der Waals surface area contributed by atoms with E-state index in [4.69, 9.17) is 4.98 Å². The molecule has 5 aromatic carbocycles. The van der Waals surface area contributed by atoms with Crippen LogP contribution in [-0.2, 0) is 21.1 Å². The summed E-state index contributed by atoms with van der Waals surface area (Å²) in [4.78, 5) is 14.5. The number of fused-ring (bicyclic) bond motifs is 4. The van der Waals surface area contributed by atoms with Crippen molar-refractivity contribution >= 4 is 32.8 Å². The fourth-order valence-electron chi connectivity index (χ4n) is 5.74. The molecule has 3 heterocycles. The van der Waals surface area contributed by atoms with Gasteiger partial charge in [0.25, 0.3) is 0 Å². The van der Waals surface area contributed by atoms with Gasteiger partial charge in [-0.25, -0.2) is 4.98 Å². The minimum atomic E-state index is 0. The number of phenols is 1. The molecule has 6 heteroatoms. The van der Waals surface area contributed by atoms with Gasteiger partial charge in [0.05, 0.1) is 22.3 Å². The summed E-state index contributed by atoms with van der Waals surface area (Å²) >= 11 is 0. The van der Waals surface area contributed by atoms with Crippen molar-refractivity contribution in [3.05, 3.63) is 140 Å². The fourth-order valence-corrected chi connectivity index (χ4v) is 5.74. The number of benzene rings is 5. The van der Waals surface area contributed by atoms with E-state index in [1.165, 1.54) is 0 Å². The molecule has 1 N–H and O–H groups in total. The molecule has 0 bridgehead atoms. The minimum absolute atomic E-state index is 0. The van der Waals surface area contributed by atoms with Crippen LogP contribution in [0.15, 0.2) is 134 Å². The number of nitrogens with zero attached hydrogens (tertiary/aromatic N) is 4. The standard InChI is InChI=1S/C37H23N4O.Pt/c42-34-18-7-5-14-29(34)37-40-36-28(25-19-20-31-30(22-25)35-26(23-39-31)12-9-21-38-35)15-8-17-33(36)41(37)32-16-6-4-13-27(32)24-10-2-1-3-11-24;/h1-21,23,42H;/q-1;. The van der Waals surface area contributed by atoms with Crippen LogP contribution < -0.4 is 0 Å². The van der Waals surface area contributed by atoms with Gasteiger partial charge in [0, 0.05) is 44.5 Å². The molecule has 0 saturated heterocycles. The van der Waals surface area contributed by atoms with Gasteiger partial charge in [-0.05, 0) is 46.8 Å². The predicted molar refractivity (Wildman–Crippen MR) is 168 cm³/mol. The Morgan fingerprint density at radius 1 is 0.628 bits per heavy atom. The molecule has 0 fully saturated rings. The smallest absolute Gasteiger partial charge is 0.148 e. The first-order valence-corrected chi connectivity index (χ1v) is 13.8. The van der Waals surface area contributed by atoms with E-state index in [0.29, 0.717) is 11.4 Å². The normalized spacial score (nSPS) is 11.2. The van der Waals surface area contributed by atoms with Crippen molar-refractivity contribution in [2.75, 3.05) is 0 Å². The molecule has 43 heavy (non-hydrogen) atoms. The zero-order chi connectivity index (χ0) is 28.0. The van der Waals surface area contributed by atoms with E-state index < -0.39 is 0 Å². The number of rotatable bonds is 4. The van der Waals surface area contributed by atoms with E-state index in [9.17, 15) is 5.11 Å². The number of imidazole rings is 1. The summed E-state index contributed by atoms with van der Waals surface area (Å²) in [6.07, 6.45) is 3.65. The maximum absolute atomic E-state index is 11.0. The van der Waals surface area contributed by atoms with Gasteiger partial charge in [-0.1, -0.05) is 89.8 Å². The first-order chi connectivity index (χ1) is 20.8. The molecular weight excluding hydrogens is 712 g/mol. The molecule has 0 aliphatic rings. The average molecular weight is 735 g/mol. The van der Waals surface area contributed by atoms with Gasteiger partial charge in [-0.15, -0.1) is 23.8 Å². The van der Waals surface area contributed by atoms with Gasteiger partial charge in [0.15, 0.2) is 0 Å². The number of aromatic hydroxyl groups is 1. The van der Waals surface area contributed by atoms with Gasteiger partial charge >= 0.3 is 0 Å².